The maximum Gasteiger partial charge on any atom is 0.308 e. The van der Waals surface area contributed by atoms with Gasteiger partial charge in [-0.25, -0.2) is 0 Å². The minimum atomic E-state index is -0.779. The van der Waals surface area contributed by atoms with E-state index in [1.54, 1.807) is 4.90 Å². The Balaban J connectivity index is 1.91. The lowest BCUT2D eigenvalue weighted by molar-refractivity contribution is -0.146. The van der Waals surface area contributed by atoms with Crippen LogP contribution in [0.25, 0.3) is 0 Å². The van der Waals surface area contributed by atoms with Crippen molar-refractivity contribution < 1.29 is 14.7 Å². The van der Waals surface area contributed by atoms with Crippen LogP contribution in [0.2, 0.25) is 0 Å². The van der Waals surface area contributed by atoms with Gasteiger partial charge in [-0.15, -0.1) is 0 Å². The monoisotopic (exact) mass is 240 g/mol. The van der Waals surface area contributed by atoms with Gasteiger partial charge in [0.1, 0.15) is 0 Å². The summed E-state index contributed by atoms with van der Waals surface area (Å²) in [7, 11) is 0. The minimum Gasteiger partial charge on any atom is -0.481 e. The second-order valence-electron chi connectivity index (χ2n) is 4.96. The molecule has 0 saturated carbocycles. The molecule has 0 bridgehead atoms. The number of nitrogens with one attached hydrogen (secondary N) is 1. The predicted octanol–water partition coefficient (Wildman–Crippen LogP) is 0.452. The average molecular weight is 240 g/mol. The molecule has 2 aliphatic heterocycles. The number of carbonyl (C=O) groups is 2. The van der Waals surface area contributed by atoms with E-state index in [2.05, 4.69) is 5.32 Å². The maximum absolute atomic E-state index is 12.2. The van der Waals surface area contributed by atoms with Crippen LogP contribution in [-0.2, 0) is 9.59 Å². The van der Waals surface area contributed by atoms with Gasteiger partial charge >= 0.3 is 5.97 Å². The summed E-state index contributed by atoms with van der Waals surface area (Å²) in [5, 5.41) is 12.2. The Labute approximate surface area is 101 Å². The van der Waals surface area contributed by atoms with Crippen LogP contribution in [0.4, 0.5) is 0 Å². The SMILES string of the molecule is O=C(O)C1CCCN(C(=O)C2CCCCN2)C1. The highest BCUT2D eigenvalue weighted by Crippen LogP contribution is 2.19. The molecule has 5 heteroatoms. The Morgan fingerprint density at radius 1 is 1.18 bits per heavy atom. The van der Waals surface area contributed by atoms with Gasteiger partial charge in [-0.1, -0.05) is 6.42 Å². The second kappa shape index (κ2) is 5.49. The zero-order valence-electron chi connectivity index (χ0n) is 10.0. The van der Waals surface area contributed by atoms with Crippen molar-refractivity contribution in [1.82, 2.24) is 10.2 Å². The highest BCUT2D eigenvalue weighted by Gasteiger charge is 2.31. The smallest absolute Gasteiger partial charge is 0.308 e. The zero-order chi connectivity index (χ0) is 12.3. The van der Waals surface area contributed by atoms with Crippen LogP contribution in [-0.4, -0.2) is 47.6 Å². The van der Waals surface area contributed by atoms with E-state index >= 15 is 0 Å². The molecule has 0 aromatic carbocycles. The number of hydrogen-bond acceptors (Lipinski definition) is 3. The summed E-state index contributed by atoms with van der Waals surface area (Å²) in [5.41, 5.74) is 0. The molecule has 2 atom stereocenters. The molecule has 0 radical (unpaired) electrons. The van der Waals surface area contributed by atoms with Crippen molar-refractivity contribution in [2.75, 3.05) is 19.6 Å². The molecule has 2 fully saturated rings. The molecular formula is C12H20N2O3. The first kappa shape index (κ1) is 12.4. The van der Waals surface area contributed by atoms with Crippen LogP contribution < -0.4 is 5.32 Å². The number of aliphatic carboxylic acids is 1. The van der Waals surface area contributed by atoms with Gasteiger partial charge in [-0.3, -0.25) is 9.59 Å². The van der Waals surface area contributed by atoms with E-state index in [0.29, 0.717) is 19.5 Å². The first-order valence-electron chi connectivity index (χ1n) is 6.43. The van der Waals surface area contributed by atoms with Gasteiger partial charge in [0.15, 0.2) is 0 Å². The number of carboxylic acid groups (broad SMARTS) is 1. The largest absolute Gasteiger partial charge is 0.481 e. The molecule has 0 aliphatic carbocycles. The number of carbonyl (C=O) groups excluding carboxylic acids is 1. The van der Waals surface area contributed by atoms with Crippen molar-refractivity contribution in [3.05, 3.63) is 0 Å². The fourth-order valence-electron chi connectivity index (χ4n) is 2.66. The van der Waals surface area contributed by atoms with Crippen molar-refractivity contribution in [2.24, 2.45) is 5.92 Å². The molecule has 17 heavy (non-hydrogen) atoms. The van der Waals surface area contributed by atoms with Crippen LogP contribution in [0.15, 0.2) is 0 Å². The first-order chi connectivity index (χ1) is 8.18. The summed E-state index contributed by atoms with van der Waals surface area (Å²) in [6, 6.07) is -0.0868. The predicted molar refractivity (Wildman–Crippen MR) is 62.6 cm³/mol. The number of amides is 1. The molecule has 5 nitrogen and oxygen atoms in total. The third-order valence-corrected chi connectivity index (χ3v) is 3.69. The summed E-state index contributed by atoms with van der Waals surface area (Å²) in [6.45, 7) is 1.99. The van der Waals surface area contributed by atoms with E-state index in [4.69, 9.17) is 5.11 Å². The van der Waals surface area contributed by atoms with Crippen molar-refractivity contribution in [1.29, 1.82) is 0 Å². The van der Waals surface area contributed by atoms with Crippen LogP contribution in [0, 0.1) is 5.92 Å². The fourth-order valence-corrected chi connectivity index (χ4v) is 2.66. The molecule has 2 N–H and O–H groups in total. The van der Waals surface area contributed by atoms with Gasteiger partial charge in [0, 0.05) is 13.1 Å². The zero-order valence-corrected chi connectivity index (χ0v) is 10.0. The normalized spacial score (nSPS) is 30.0. The molecule has 2 saturated heterocycles. The molecule has 2 heterocycles. The fraction of sp³-hybridized carbons (Fsp3) is 0.833. The van der Waals surface area contributed by atoms with E-state index in [1.807, 2.05) is 0 Å². The highest BCUT2D eigenvalue weighted by atomic mass is 16.4. The summed E-state index contributed by atoms with van der Waals surface area (Å²) in [4.78, 5) is 24.9. The number of hydrogen-bond donors (Lipinski definition) is 2. The number of piperidine rings is 2. The quantitative estimate of drug-likeness (QED) is 0.735. The lowest BCUT2D eigenvalue weighted by atomic mass is 9.96. The van der Waals surface area contributed by atoms with Gasteiger partial charge in [-0.2, -0.15) is 0 Å². The number of carboxylic acids is 1. The molecule has 2 rings (SSSR count). The number of likely N-dealkylation sites (tertiary alicyclic amines) is 1. The average Bonchev–Trinajstić information content (AvgIpc) is 2.39. The Kier molecular flexibility index (Phi) is 3.99. The van der Waals surface area contributed by atoms with Crippen molar-refractivity contribution in [3.63, 3.8) is 0 Å². The van der Waals surface area contributed by atoms with Crippen LogP contribution in [0.1, 0.15) is 32.1 Å². The molecule has 0 aromatic rings. The molecule has 0 spiro atoms. The third kappa shape index (κ3) is 2.97. The Hall–Kier alpha value is -1.10. The van der Waals surface area contributed by atoms with E-state index < -0.39 is 5.97 Å². The lowest BCUT2D eigenvalue weighted by Gasteiger charge is -2.34. The standard InChI is InChI=1S/C12H20N2O3/c15-11(10-5-1-2-6-13-10)14-7-3-4-9(8-14)12(16)17/h9-10,13H,1-8H2,(H,16,17). The maximum atomic E-state index is 12.2. The van der Waals surface area contributed by atoms with E-state index in [-0.39, 0.29) is 17.9 Å². The molecular weight excluding hydrogens is 220 g/mol. The topological polar surface area (TPSA) is 69.6 Å². The van der Waals surface area contributed by atoms with Crippen molar-refractivity contribution in [2.45, 2.75) is 38.1 Å². The number of rotatable bonds is 2. The summed E-state index contributed by atoms with van der Waals surface area (Å²) in [5.74, 6) is -1.06. The van der Waals surface area contributed by atoms with Crippen molar-refractivity contribution >= 4 is 11.9 Å². The van der Waals surface area contributed by atoms with Gasteiger partial charge in [0.05, 0.1) is 12.0 Å². The Morgan fingerprint density at radius 3 is 2.65 bits per heavy atom. The summed E-state index contributed by atoms with van der Waals surface area (Å²) in [6.07, 6.45) is 4.58. The highest BCUT2D eigenvalue weighted by molar-refractivity contribution is 5.83. The van der Waals surface area contributed by atoms with Crippen LogP contribution in [0.5, 0.6) is 0 Å². The Bertz CT molecular complexity index is 300. The van der Waals surface area contributed by atoms with Gasteiger partial charge in [-0.05, 0) is 32.2 Å². The summed E-state index contributed by atoms with van der Waals surface area (Å²) < 4.78 is 0. The first-order valence-corrected chi connectivity index (χ1v) is 6.43. The lowest BCUT2D eigenvalue weighted by Crippen LogP contribution is -2.52. The van der Waals surface area contributed by atoms with Gasteiger partial charge < -0.3 is 15.3 Å². The van der Waals surface area contributed by atoms with E-state index in [0.717, 1.165) is 32.2 Å². The van der Waals surface area contributed by atoms with E-state index in [9.17, 15) is 9.59 Å². The molecule has 96 valence electrons. The number of nitrogens with zero attached hydrogens (tertiary/aromatic N) is 1. The summed E-state index contributed by atoms with van der Waals surface area (Å²) >= 11 is 0. The minimum absolute atomic E-state index is 0.0868. The van der Waals surface area contributed by atoms with Crippen molar-refractivity contribution in [3.8, 4) is 0 Å². The molecule has 0 aromatic heterocycles. The Morgan fingerprint density at radius 2 is 2.00 bits per heavy atom. The molecule has 1 amide bonds. The van der Waals surface area contributed by atoms with Gasteiger partial charge in [0.2, 0.25) is 5.91 Å². The van der Waals surface area contributed by atoms with Gasteiger partial charge in [0.25, 0.3) is 0 Å². The van der Waals surface area contributed by atoms with E-state index in [1.165, 1.54) is 0 Å². The third-order valence-electron chi connectivity index (χ3n) is 3.69. The van der Waals surface area contributed by atoms with Crippen LogP contribution in [0.3, 0.4) is 0 Å². The molecule has 2 aliphatic rings. The molecule has 2 unspecified atom stereocenters. The second-order valence-corrected chi connectivity index (χ2v) is 4.96. The van der Waals surface area contributed by atoms with Crippen LogP contribution >= 0.6 is 0 Å².